The molecule has 0 bridgehead atoms. The van der Waals surface area contributed by atoms with Gasteiger partial charge in [0.05, 0.1) is 23.6 Å². The third kappa shape index (κ3) is 5.16. The van der Waals surface area contributed by atoms with Gasteiger partial charge in [0.25, 0.3) is 5.91 Å². The van der Waals surface area contributed by atoms with E-state index in [0.717, 1.165) is 31.7 Å². The van der Waals surface area contributed by atoms with E-state index in [0.29, 0.717) is 21.3 Å². The molecule has 0 aliphatic carbocycles. The second-order valence-electron chi connectivity index (χ2n) is 6.73. The molecule has 2 aromatic carbocycles. The Morgan fingerprint density at radius 2 is 1.88 bits per heavy atom. The fourth-order valence-corrected chi connectivity index (χ4v) is 5.59. The summed E-state index contributed by atoms with van der Waals surface area (Å²) in [5.41, 5.74) is 3.79. The number of nitrogens with one attached hydrogen (secondary N) is 1. The summed E-state index contributed by atoms with van der Waals surface area (Å²) < 4.78 is 5.98. The fourth-order valence-electron chi connectivity index (χ4n) is 2.95. The summed E-state index contributed by atoms with van der Waals surface area (Å²) in [5.74, 6) is 1.31. The summed E-state index contributed by atoms with van der Waals surface area (Å²) in [6.45, 7) is 2.00. The lowest BCUT2D eigenvalue weighted by atomic mass is 10.1. The molecule has 0 fully saturated rings. The number of aryl methyl sites for hydroxylation is 1. The molecule has 0 spiro atoms. The van der Waals surface area contributed by atoms with Crippen molar-refractivity contribution in [3.05, 3.63) is 75.5 Å². The topological polar surface area (TPSA) is 87.9 Å². The van der Waals surface area contributed by atoms with Crippen LogP contribution < -0.4 is 10.1 Å². The zero-order valence-corrected chi connectivity index (χ0v) is 19.7. The minimum Gasteiger partial charge on any atom is -0.497 e. The number of carbonyl (C=O) groups excluding carboxylic acids is 1. The maximum absolute atomic E-state index is 12.7. The van der Waals surface area contributed by atoms with Gasteiger partial charge in [-0.25, -0.2) is 0 Å². The molecule has 0 aliphatic heterocycles. The van der Waals surface area contributed by atoms with Crippen molar-refractivity contribution in [2.24, 2.45) is 0 Å². The highest BCUT2D eigenvalue weighted by atomic mass is 32.2. The zero-order valence-electron chi connectivity index (χ0n) is 17.3. The van der Waals surface area contributed by atoms with Gasteiger partial charge >= 0.3 is 0 Å². The molecule has 0 radical (unpaired) electrons. The highest BCUT2D eigenvalue weighted by molar-refractivity contribution is 8.00. The van der Waals surface area contributed by atoms with Crippen LogP contribution in [0.1, 0.15) is 25.7 Å². The summed E-state index contributed by atoms with van der Waals surface area (Å²) in [4.78, 5) is 14.4. The Balaban J connectivity index is 1.39. The van der Waals surface area contributed by atoms with Crippen LogP contribution in [0.15, 0.2) is 58.9 Å². The number of amides is 1. The van der Waals surface area contributed by atoms with E-state index in [1.54, 1.807) is 31.0 Å². The largest absolute Gasteiger partial charge is 0.497 e. The Labute approximate surface area is 197 Å². The molecular formula is C23H18N4O2S3. The first-order valence-corrected chi connectivity index (χ1v) is 12.2. The number of ether oxygens (including phenoxy) is 1. The van der Waals surface area contributed by atoms with Crippen LogP contribution in [-0.2, 0) is 5.75 Å². The average Bonchev–Trinajstić information content (AvgIpc) is 3.44. The minimum absolute atomic E-state index is 0.197. The number of nitriles is 1. The molecule has 0 unspecified atom stereocenters. The Morgan fingerprint density at radius 1 is 1.12 bits per heavy atom. The van der Waals surface area contributed by atoms with Crippen LogP contribution >= 0.6 is 34.4 Å². The first-order chi connectivity index (χ1) is 15.6. The van der Waals surface area contributed by atoms with Crippen molar-refractivity contribution in [2.75, 3.05) is 12.4 Å². The fraction of sp³-hybridized carbons (Fsp3) is 0.130. The van der Waals surface area contributed by atoms with Crippen molar-refractivity contribution in [3.8, 4) is 22.9 Å². The van der Waals surface area contributed by atoms with Crippen molar-refractivity contribution in [3.63, 3.8) is 0 Å². The summed E-state index contributed by atoms with van der Waals surface area (Å²) >= 11 is 4.33. The molecule has 6 nitrogen and oxygen atoms in total. The van der Waals surface area contributed by atoms with Gasteiger partial charge in [0, 0.05) is 10.6 Å². The highest BCUT2D eigenvalue weighted by Crippen LogP contribution is 2.33. The van der Waals surface area contributed by atoms with E-state index >= 15 is 0 Å². The number of anilines is 1. The summed E-state index contributed by atoms with van der Waals surface area (Å²) in [6.07, 6.45) is 0. The van der Waals surface area contributed by atoms with E-state index in [1.807, 2.05) is 49.4 Å². The van der Waals surface area contributed by atoms with Gasteiger partial charge < -0.3 is 4.74 Å². The van der Waals surface area contributed by atoms with E-state index in [9.17, 15) is 4.79 Å². The van der Waals surface area contributed by atoms with Gasteiger partial charge in [-0.05, 0) is 53.9 Å². The lowest BCUT2D eigenvalue weighted by Crippen LogP contribution is -2.09. The molecule has 0 saturated carbocycles. The quantitative estimate of drug-likeness (QED) is 0.259. The number of aromatic nitrogens is 2. The number of hydrogen-bond donors (Lipinski definition) is 1. The molecule has 1 amide bonds. The van der Waals surface area contributed by atoms with Crippen molar-refractivity contribution < 1.29 is 9.53 Å². The van der Waals surface area contributed by atoms with Crippen LogP contribution in [0.5, 0.6) is 5.75 Å². The second-order valence-corrected chi connectivity index (χ2v) is 10.2. The summed E-state index contributed by atoms with van der Waals surface area (Å²) in [6, 6.07) is 19.2. The van der Waals surface area contributed by atoms with Crippen LogP contribution in [0.2, 0.25) is 0 Å². The zero-order chi connectivity index (χ0) is 22.5. The van der Waals surface area contributed by atoms with Gasteiger partial charge in [0.15, 0.2) is 4.34 Å². The summed E-state index contributed by atoms with van der Waals surface area (Å²) in [7, 11) is 1.64. The van der Waals surface area contributed by atoms with Crippen LogP contribution in [0.4, 0.5) is 5.13 Å². The van der Waals surface area contributed by atoms with Gasteiger partial charge in [-0.2, -0.15) is 5.26 Å². The standard InChI is InChI=1S/C23H18N4O2S3/c1-14-19(17-7-9-18(29-2)10-8-17)11-20(31-14)21(28)25-22-26-27-23(32-22)30-13-16-5-3-15(12-24)4-6-16/h3-11H,13H2,1-2H3,(H,25,26,28). The Bertz CT molecular complexity index is 1270. The molecule has 2 heterocycles. The molecule has 2 aromatic heterocycles. The van der Waals surface area contributed by atoms with Crippen molar-refractivity contribution >= 4 is 45.5 Å². The lowest BCUT2D eigenvalue weighted by molar-refractivity contribution is 0.103. The number of carbonyl (C=O) groups is 1. The number of thioether (sulfide) groups is 1. The van der Waals surface area contributed by atoms with E-state index in [-0.39, 0.29) is 5.91 Å². The molecule has 9 heteroatoms. The molecule has 0 aliphatic rings. The lowest BCUT2D eigenvalue weighted by Gasteiger charge is -2.02. The minimum atomic E-state index is -0.197. The van der Waals surface area contributed by atoms with E-state index in [1.165, 1.54) is 22.7 Å². The van der Waals surface area contributed by atoms with Crippen LogP contribution in [-0.4, -0.2) is 23.2 Å². The predicted molar refractivity (Wildman–Crippen MR) is 130 cm³/mol. The van der Waals surface area contributed by atoms with E-state index < -0.39 is 0 Å². The van der Waals surface area contributed by atoms with Gasteiger partial charge in [-0.15, -0.1) is 21.5 Å². The first-order valence-electron chi connectivity index (χ1n) is 9.57. The Hall–Kier alpha value is -3.19. The second kappa shape index (κ2) is 9.96. The number of hydrogen-bond acceptors (Lipinski definition) is 8. The monoisotopic (exact) mass is 478 g/mol. The van der Waals surface area contributed by atoms with E-state index in [4.69, 9.17) is 10.00 Å². The smallest absolute Gasteiger partial charge is 0.267 e. The third-order valence-electron chi connectivity index (χ3n) is 4.61. The molecule has 0 atom stereocenters. The van der Waals surface area contributed by atoms with Crippen LogP contribution in [0, 0.1) is 18.3 Å². The Morgan fingerprint density at radius 3 is 2.56 bits per heavy atom. The maximum atomic E-state index is 12.7. The van der Waals surface area contributed by atoms with Gasteiger partial charge in [-0.3, -0.25) is 10.1 Å². The SMILES string of the molecule is COc1ccc(-c2cc(C(=O)Nc3nnc(SCc4ccc(C#N)cc4)s3)sc2C)cc1. The van der Waals surface area contributed by atoms with Gasteiger partial charge in [-0.1, -0.05) is 47.4 Å². The maximum Gasteiger partial charge on any atom is 0.267 e. The molecule has 32 heavy (non-hydrogen) atoms. The molecule has 0 saturated heterocycles. The van der Waals surface area contributed by atoms with Crippen LogP contribution in [0.25, 0.3) is 11.1 Å². The van der Waals surface area contributed by atoms with Crippen molar-refractivity contribution in [1.29, 1.82) is 5.26 Å². The number of benzene rings is 2. The van der Waals surface area contributed by atoms with Gasteiger partial charge in [0.2, 0.25) is 5.13 Å². The molecular weight excluding hydrogens is 460 g/mol. The first kappa shape index (κ1) is 22.0. The molecule has 4 aromatic rings. The van der Waals surface area contributed by atoms with Gasteiger partial charge in [0.1, 0.15) is 5.75 Å². The molecule has 1 N–H and O–H groups in total. The van der Waals surface area contributed by atoms with Crippen molar-refractivity contribution in [2.45, 2.75) is 17.0 Å². The third-order valence-corrected chi connectivity index (χ3v) is 7.71. The normalized spacial score (nSPS) is 10.5. The Kier molecular flexibility index (Phi) is 6.85. The average molecular weight is 479 g/mol. The number of methoxy groups -OCH3 is 1. The number of nitrogens with zero attached hydrogens (tertiary/aromatic N) is 3. The van der Waals surface area contributed by atoms with Crippen LogP contribution in [0.3, 0.4) is 0 Å². The number of thiophene rings is 1. The summed E-state index contributed by atoms with van der Waals surface area (Å²) in [5, 5.41) is 20.4. The van der Waals surface area contributed by atoms with Crippen molar-refractivity contribution in [1.82, 2.24) is 10.2 Å². The number of rotatable bonds is 7. The highest BCUT2D eigenvalue weighted by Gasteiger charge is 2.16. The molecule has 4 rings (SSSR count). The van der Waals surface area contributed by atoms with E-state index in [2.05, 4.69) is 21.6 Å². The molecule has 160 valence electrons. The predicted octanol–water partition coefficient (Wildman–Crippen LogP) is 6.00.